The molecule has 2 atom stereocenters. The number of aliphatic hydroxyl groups excluding tert-OH is 1. The van der Waals surface area contributed by atoms with Crippen molar-refractivity contribution in [1.29, 1.82) is 0 Å². The molecule has 0 unspecified atom stereocenters. The zero-order valence-electron chi connectivity index (χ0n) is 15.0. The highest BCUT2D eigenvalue weighted by molar-refractivity contribution is 5.93. The van der Waals surface area contributed by atoms with E-state index in [0.29, 0.717) is 22.9 Å². The maximum Gasteiger partial charge on any atom is 0.269 e. The van der Waals surface area contributed by atoms with Crippen LogP contribution in [0.2, 0.25) is 0 Å². The van der Waals surface area contributed by atoms with Crippen LogP contribution in [0.4, 0.5) is 0 Å². The second kappa shape index (κ2) is 8.53. The molecule has 7 heteroatoms. The lowest BCUT2D eigenvalue weighted by molar-refractivity contribution is 0.0886. The first-order valence-corrected chi connectivity index (χ1v) is 8.23. The van der Waals surface area contributed by atoms with Crippen molar-refractivity contribution < 1.29 is 19.4 Å². The third-order valence-corrected chi connectivity index (χ3v) is 4.35. The minimum absolute atomic E-state index is 0.103. The van der Waals surface area contributed by atoms with Crippen LogP contribution in [0.15, 0.2) is 24.3 Å². The van der Waals surface area contributed by atoms with Gasteiger partial charge < -0.3 is 19.9 Å². The summed E-state index contributed by atoms with van der Waals surface area (Å²) in [7, 11) is 3.15. The molecule has 0 saturated carbocycles. The van der Waals surface area contributed by atoms with Gasteiger partial charge in [-0.2, -0.15) is 5.10 Å². The maximum absolute atomic E-state index is 12.4. The molecule has 1 heterocycles. The molecule has 1 aromatic carbocycles. The van der Waals surface area contributed by atoms with Crippen molar-refractivity contribution in [3.63, 3.8) is 0 Å². The molecule has 1 aromatic heterocycles. The summed E-state index contributed by atoms with van der Waals surface area (Å²) < 4.78 is 10.6. The minimum atomic E-state index is -0.300. The van der Waals surface area contributed by atoms with Crippen LogP contribution >= 0.6 is 0 Å². The Bertz CT molecular complexity index is 714. The molecule has 0 bridgehead atoms. The Balaban J connectivity index is 2.21. The van der Waals surface area contributed by atoms with E-state index < -0.39 is 0 Å². The number of carbonyl (C=O) groups excluding carboxylic acids is 1. The van der Waals surface area contributed by atoms with Crippen LogP contribution < -0.4 is 14.8 Å². The number of nitrogens with zero attached hydrogens (tertiary/aromatic N) is 1. The van der Waals surface area contributed by atoms with Crippen LogP contribution in [-0.4, -0.2) is 48.1 Å². The summed E-state index contributed by atoms with van der Waals surface area (Å²) in [6.07, 6.45) is 0.864. The van der Waals surface area contributed by atoms with E-state index in [1.165, 1.54) is 0 Å². The quantitative estimate of drug-likeness (QED) is 0.680. The van der Waals surface area contributed by atoms with Crippen molar-refractivity contribution in [3.8, 4) is 22.8 Å². The van der Waals surface area contributed by atoms with Gasteiger partial charge in [0.1, 0.15) is 17.2 Å². The number of aromatic amines is 1. The number of methoxy groups -OCH3 is 2. The van der Waals surface area contributed by atoms with Crippen molar-refractivity contribution in [2.75, 3.05) is 20.8 Å². The number of hydrogen-bond acceptors (Lipinski definition) is 5. The Morgan fingerprint density at radius 2 is 2.08 bits per heavy atom. The predicted octanol–water partition coefficient (Wildman–Crippen LogP) is 2.23. The summed E-state index contributed by atoms with van der Waals surface area (Å²) in [5.74, 6) is 1.16. The number of carbonyl (C=O) groups is 1. The van der Waals surface area contributed by atoms with Gasteiger partial charge in [-0.15, -0.1) is 0 Å². The Hall–Kier alpha value is -2.54. The van der Waals surface area contributed by atoms with E-state index in [1.807, 2.05) is 19.9 Å². The van der Waals surface area contributed by atoms with Crippen molar-refractivity contribution in [2.24, 2.45) is 5.92 Å². The molecule has 0 saturated heterocycles. The van der Waals surface area contributed by atoms with E-state index >= 15 is 0 Å². The molecule has 2 aromatic rings. The molecule has 3 N–H and O–H groups in total. The van der Waals surface area contributed by atoms with Gasteiger partial charge in [-0.1, -0.05) is 20.3 Å². The first-order valence-electron chi connectivity index (χ1n) is 8.23. The molecule has 0 aliphatic rings. The molecule has 2 rings (SSSR count). The van der Waals surface area contributed by atoms with E-state index in [-0.39, 0.29) is 24.5 Å². The Kier molecular flexibility index (Phi) is 6.41. The normalized spacial score (nSPS) is 13.2. The third-order valence-electron chi connectivity index (χ3n) is 4.35. The van der Waals surface area contributed by atoms with Gasteiger partial charge in [-0.05, 0) is 24.1 Å². The molecule has 0 spiro atoms. The summed E-state index contributed by atoms with van der Waals surface area (Å²) in [4.78, 5) is 12.4. The molecule has 136 valence electrons. The standard InChI is InChI=1S/C18H25N3O4/c1-5-11(2)16(10-22)19-18(23)15-9-14(20-21-15)13-7-6-12(24-3)8-17(13)25-4/h6-9,11,16,22H,5,10H2,1-4H3,(H,19,23)(H,20,21)/t11-,16-/m0/s1. The smallest absolute Gasteiger partial charge is 0.269 e. The summed E-state index contributed by atoms with van der Waals surface area (Å²) in [5, 5.41) is 19.2. The number of amides is 1. The molecule has 7 nitrogen and oxygen atoms in total. The number of aromatic nitrogens is 2. The summed E-state index contributed by atoms with van der Waals surface area (Å²) in [6.45, 7) is 3.90. The molecule has 0 fully saturated rings. The zero-order valence-corrected chi connectivity index (χ0v) is 15.0. The van der Waals surface area contributed by atoms with E-state index in [9.17, 15) is 9.90 Å². The molecule has 0 aliphatic carbocycles. The third kappa shape index (κ3) is 4.30. The molecular weight excluding hydrogens is 322 g/mol. The van der Waals surface area contributed by atoms with Crippen LogP contribution in [0.3, 0.4) is 0 Å². The number of benzene rings is 1. The largest absolute Gasteiger partial charge is 0.497 e. The van der Waals surface area contributed by atoms with Crippen molar-refractivity contribution in [3.05, 3.63) is 30.0 Å². The molecular formula is C18H25N3O4. The first kappa shape index (κ1) is 18.8. The van der Waals surface area contributed by atoms with E-state index in [4.69, 9.17) is 9.47 Å². The molecule has 0 aliphatic heterocycles. The number of rotatable bonds is 8. The fourth-order valence-electron chi connectivity index (χ4n) is 2.48. The van der Waals surface area contributed by atoms with Crippen LogP contribution in [0.1, 0.15) is 30.8 Å². The topological polar surface area (TPSA) is 96.5 Å². The molecule has 25 heavy (non-hydrogen) atoms. The Morgan fingerprint density at radius 1 is 1.32 bits per heavy atom. The van der Waals surface area contributed by atoms with Crippen LogP contribution in [0, 0.1) is 5.92 Å². The van der Waals surface area contributed by atoms with E-state index in [0.717, 1.165) is 12.0 Å². The number of aliphatic hydroxyl groups is 1. The van der Waals surface area contributed by atoms with Gasteiger partial charge >= 0.3 is 0 Å². The number of ether oxygens (including phenoxy) is 2. The summed E-state index contributed by atoms with van der Waals surface area (Å²) in [5.41, 5.74) is 1.67. The monoisotopic (exact) mass is 347 g/mol. The minimum Gasteiger partial charge on any atom is -0.497 e. The summed E-state index contributed by atoms with van der Waals surface area (Å²) >= 11 is 0. The van der Waals surface area contributed by atoms with Gasteiger partial charge in [-0.25, -0.2) is 0 Å². The lowest BCUT2D eigenvalue weighted by atomic mass is 10.00. The first-order chi connectivity index (χ1) is 12.0. The average molecular weight is 347 g/mol. The van der Waals surface area contributed by atoms with Gasteiger partial charge in [0.2, 0.25) is 0 Å². The van der Waals surface area contributed by atoms with Gasteiger partial charge in [0.25, 0.3) is 5.91 Å². The number of H-pyrrole nitrogens is 1. The number of nitrogens with one attached hydrogen (secondary N) is 2. The van der Waals surface area contributed by atoms with E-state index in [2.05, 4.69) is 15.5 Å². The lowest BCUT2D eigenvalue weighted by Crippen LogP contribution is -2.42. The zero-order chi connectivity index (χ0) is 18.4. The number of hydrogen-bond donors (Lipinski definition) is 3. The maximum atomic E-state index is 12.4. The molecule has 1 amide bonds. The van der Waals surface area contributed by atoms with Gasteiger partial charge in [0.15, 0.2) is 0 Å². The Morgan fingerprint density at radius 3 is 2.68 bits per heavy atom. The van der Waals surface area contributed by atoms with Crippen LogP contribution in [0.25, 0.3) is 11.3 Å². The lowest BCUT2D eigenvalue weighted by Gasteiger charge is -2.21. The van der Waals surface area contributed by atoms with Gasteiger partial charge in [0.05, 0.1) is 32.6 Å². The van der Waals surface area contributed by atoms with Crippen LogP contribution in [-0.2, 0) is 0 Å². The molecule has 0 radical (unpaired) electrons. The van der Waals surface area contributed by atoms with Crippen molar-refractivity contribution in [1.82, 2.24) is 15.5 Å². The highest BCUT2D eigenvalue weighted by Gasteiger charge is 2.20. The SMILES string of the molecule is CC[C@H](C)[C@H](CO)NC(=O)c1cc(-c2ccc(OC)cc2OC)n[nH]1. The second-order valence-electron chi connectivity index (χ2n) is 5.88. The average Bonchev–Trinajstić information content (AvgIpc) is 3.14. The second-order valence-corrected chi connectivity index (χ2v) is 5.88. The Labute approximate surface area is 147 Å². The predicted molar refractivity (Wildman–Crippen MR) is 94.9 cm³/mol. The van der Waals surface area contributed by atoms with Gasteiger partial charge in [-0.3, -0.25) is 9.89 Å². The fraction of sp³-hybridized carbons (Fsp3) is 0.444. The summed E-state index contributed by atoms with van der Waals surface area (Å²) in [6, 6.07) is 6.75. The van der Waals surface area contributed by atoms with Crippen molar-refractivity contribution >= 4 is 5.91 Å². The highest BCUT2D eigenvalue weighted by atomic mass is 16.5. The van der Waals surface area contributed by atoms with Gasteiger partial charge in [0, 0.05) is 11.6 Å². The fourth-order valence-corrected chi connectivity index (χ4v) is 2.48. The van der Waals surface area contributed by atoms with Crippen LogP contribution in [0.5, 0.6) is 11.5 Å². The van der Waals surface area contributed by atoms with Crippen molar-refractivity contribution in [2.45, 2.75) is 26.3 Å². The van der Waals surface area contributed by atoms with E-state index in [1.54, 1.807) is 32.4 Å². The highest BCUT2D eigenvalue weighted by Crippen LogP contribution is 2.32.